The number of hydrogen-bond donors (Lipinski definition) is 2. The maximum Gasteiger partial charge on any atom is 0.209 e. The van der Waals surface area contributed by atoms with Crippen LogP contribution in [0.5, 0.6) is 0 Å². The third-order valence-corrected chi connectivity index (χ3v) is 4.29. The Labute approximate surface area is 135 Å². The van der Waals surface area contributed by atoms with E-state index in [2.05, 4.69) is 34.3 Å². The van der Waals surface area contributed by atoms with Gasteiger partial charge in [0.25, 0.3) is 0 Å². The zero-order chi connectivity index (χ0) is 16.0. The van der Waals surface area contributed by atoms with E-state index in [1.54, 1.807) is 7.05 Å². The Bertz CT molecular complexity index is 810. The lowest BCUT2D eigenvalue weighted by molar-refractivity contribution is 0.279. The minimum absolute atomic E-state index is 0.514. The molecular formula is C18H18N4O. The van der Waals surface area contributed by atoms with Crippen molar-refractivity contribution in [1.29, 1.82) is 0 Å². The maximum atomic E-state index is 9.52. The summed E-state index contributed by atoms with van der Waals surface area (Å²) in [5.41, 5.74) is 5.09. The second-order valence-electron chi connectivity index (χ2n) is 5.90. The van der Waals surface area contributed by atoms with Gasteiger partial charge in [0.05, 0.1) is 22.8 Å². The van der Waals surface area contributed by atoms with Crippen molar-refractivity contribution in [3.05, 3.63) is 60.2 Å². The topological polar surface area (TPSA) is 51.1 Å². The van der Waals surface area contributed by atoms with Crippen molar-refractivity contribution in [2.45, 2.75) is 12.7 Å². The van der Waals surface area contributed by atoms with Crippen molar-refractivity contribution in [2.24, 2.45) is 4.99 Å². The number of para-hydroxylation sites is 2. The number of fused-ring (bicyclic) bond motifs is 3. The molecule has 2 aromatic carbocycles. The number of benzene rings is 2. The van der Waals surface area contributed by atoms with Crippen molar-refractivity contribution in [3.63, 3.8) is 0 Å². The van der Waals surface area contributed by atoms with Gasteiger partial charge in [-0.2, -0.15) is 0 Å². The molecule has 0 aliphatic carbocycles. The fourth-order valence-electron chi connectivity index (χ4n) is 3.18. The maximum absolute atomic E-state index is 9.52. The van der Waals surface area contributed by atoms with Crippen LogP contribution in [0, 0.1) is 0 Å². The molecule has 0 radical (unpaired) electrons. The second kappa shape index (κ2) is 4.86. The molecular weight excluding hydrogens is 288 g/mol. The van der Waals surface area contributed by atoms with Crippen LogP contribution in [0.4, 0.5) is 17.1 Å². The number of anilines is 3. The van der Waals surface area contributed by atoms with Gasteiger partial charge in [0.2, 0.25) is 5.79 Å². The highest BCUT2D eigenvalue weighted by atomic mass is 16.5. The van der Waals surface area contributed by atoms with E-state index in [1.165, 1.54) is 0 Å². The molecule has 4 rings (SSSR count). The molecule has 0 fully saturated rings. The van der Waals surface area contributed by atoms with Crippen LogP contribution < -0.4 is 15.3 Å². The molecule has 0 bridgehead atoms. The second-order valence-corrected chi connectivity index (χ2v) is 5.90. The Morgan fingerprint density at radius 2 is 1.87 bits per heavy atom. The van der Waals surface area contributed by atoms with E-state index < -0.39 is 5.79 Å². The summed E-state index contributed by atoms with van der Waals surface area (Å²) in [6, 6.07) is 16.0. The zero-order valence-corrected chi connectivity index (χ0v) is 13.1. The average Bonchev–Trinajstić information content (AvgIpc) is 2.87. The first-order valence-electron chi connectivity index (χ1n) is 7.54. The van der Waals surface area contributed by atoms with Gasteiger partial charge in [0.15, 0.2) is 0 Å². The molecule has 116 valence electrons. The van der Waals surface area contributed by atoms with Gasteiger partial charge in [0.1, 0.15) is 0 Å². The summed E-state index contributed by atoms with van der Waals surface area (Å²) in [6.07, 6.45) is 3.86. The minimum atomic E-state index is -0.514. The summed E-state index contributed by atoms with van der Waals surface area (Å²) in [7, 11) is 1.61. The number of allylic oxidation sites excluding steroid dienone is 1. The Morgan fingerprint density at radius 1 is 1.13 bits per heavy atom. The predicted molar refractivity (Wildman–Crippen MR) is 94.0 cm³/mol. The smallest absolute Gasteiger partial charge is 0.209 e. The van der Waals surface area contributed by atoms with Gasteiger partial charge < -0.3 is 5.32 Å². The molecule has 5 nitrogen and oxygen atoms in total. The van der Waals surface area contributed by atoms with Crippen LogP contribution in [0.15, 0.2) is 59.6 Å². The van der Waals surface area contributed by atoms with Crippen LogP contribution in [0.25, 0.3) is 5.70 Å². The SMILES string of the molecule is CN(O)c1ccc(C2=CC=NC3(C)Nc4ccccc4N23)cc1. The van der Waals surface area contributed by atoms with Crippen molar-refractivity contribution in [1.82, 2.24) is 0 Å². The molecule has 1 atom stereocenters. The minimum Gasteiger partial charge on any atom is -0.342 e. The summed E-state index contributed by atoms with van der Waals surface area (Å²) in [4.78, 5) is 6.83. The normalized spacial score (nSPS) is 21.3. The van der Waals surface area contributed by atoms with Gasteiger partial charge in [-0.3, -0.25) is 15.2 Å². The van der Waals surface area contributed by atoms with Crippen molar-refractivity contribution < 1.29 is 5.21 Å². The van der Waals surface area contributed by atoms with Crippen molar-refractivity contribution in [3.8, 4) is 0 Å². The van der Waals surface area contributed by atoms with E-state index in [1.807, 2.05) is 48.7 Å². The molecule has 2 aliphatic heterocycles. The van der Waals surface area contributed by atoms with Gasteiger partial charge in [-0.15, -0.1) is 0 Å². The molecule has 0 amide bonds. The Kier molecular flexibility index (Phi) is 2.92. The Hall–Kier alpha value is -2.79. The van der Waals surface area contributed by atoms with Crippen molar-refractivity contribution >= 4 is 29.0 Å². The molecule has 2 N–H and O–H groups in total. The van der Waals surface area contributed by atoms with Gasteiger partial charge in [0, 0.05) is 13.3 Å². The third kappa shape index (κ3) is 2.09. The summed E-state index contributed by atoms with van der Waals surface area (Å²) in [5, 5.41) is 14.1. The fourth-order valence-corrected chi connectivity index (χ4v) is 3.18. The van der Waals surface area contributed by atoms with Crippen LogP contribution in [0.1, 0.15) is 12.5 Å². The number of nitrogens with zero attached hydrogens (tertiary/aromatic N) is 3. The highest BCUT2D eigenvalue weighted by Crippen LogP contribution is 2.46. The molecule has 2 aromatic rings. The Morgan fingerprint density at radius 3 is 2.61 bits per heavy atom. The van der Waals surface area contributed by atoms with Crippen LogP contribution in [0.3, 0.4) is 0 Å². The van der Waals surface area contributed by atoms with E-state index in [9.17, 15) is 5.21 Å². The summed E-state index contributed by atoms with van der Waals surface area (Å²) < 4.78 is 0. The number of rotatable bonds is 2. The molecule has 0 spiro atoms. The number of aliphatic imine (C=N–C) groups is 1. The largest absolute Gasteiger partial charge is 0.342 e. The lowest BCUT2D eigenvalue weighted by atomic mass is 10.1. The first kappa shape index (κ1) is 13.8. The quantitative estimate of drug-likeness (QED) is 0.833. The van der Waals surface area contributed by atoms with Crippen LogP contribution in [-0.2, 0) is 0 Å². The standard InChI is InChI=1S/C18H18N4O/c1-18-19-12-11-16(13-7-9-14(10-8-13)21(2)23)22(18)17-6-4-3-5-15(17)20-18/h3-12,20,23H,1-2H3. The van der Waals surface area contributed by atoms with Crippen LogP contribution in [-0.4, -0.2) is 24.3 Å². The fraction of sp³-hybridized carbons (Fsp3) is 0.167. The molecule has 5 heteroatoms. The lowest BCUT2D eigenvalue weighted by Gasteiger charge is -2.37. The predicted octanol–water partition coefficient (Wildman–Crippen LogP) is 3.54. The van der Waals surface area contributed by atoms with Gasteiger partial charge in [-0.25, -0.2) is 4.99 Å². The van der Waals surface area contributed by atoms with Crippen molar-refractivity contribution in [2.75, 3.05) is 22.3 Å². The van der Waals surface area contributed by atoms with Gasteiger partial charge in [-0.05, 0) is 42.8 Å². The Balaban J connectivity index is 1.80. The third-order valence-electron chi connectivity index (χ3n) is 4.29. The van der Waals surface area contributed by atoms with Crippen LogP contribution in [0.2, 0.25) is 0 Å². The molecule has 23 heavy (non-hydrogen) atoms. The molecule has 0 saturated heterocycles. The highest BCUT2D eigenvalue weighted by molar-refractivity contribution is 5.99. The van der Waals surface area contributed by atoms with E-state index in [0.29, 0.717) is 0 Å². The summed E-state index contributed by atoms with van der Waals surface area (Å²) >= 11 is 0. The highest BCUT2D eigenvalue weighted by Gasteiger charge is 2.42. The van der Waals surface area contributed by atoms with E-state index in [-0.39, 0.29) is 0 Å². The van der Waals surface area contributed by atoms with Crippen LogP contribution >= 0.6 is 0 Å². The molecule has 2 heterocycles. The molecule has 2 aliphatic rings. The van der Waals surface area contributed by atoms with Gasteiger partial charge >= 0.3 is 0 Å². The monoisotopic (exact) mass is 306 g/mol. The molecule has 0 aromatic heterocycles. The molecule has 0 saturated carbocycles. The number of nitrogens with one attached hydrogen (secondary N) is 1. The van der Waals surface area contributed by atoms with E-state index >= 15 is 0 Å². The molecule has 1 unspecified atom stereocenters. The summed E-state index contributed by atoms with van der Waals surface area (Å²) in [6.45, 7) is 2.06. The van der Waals surface area contributed by atoms with E-state index in [0.717, 1.165) is 33.4 Å². The van der Waals surface area contributed by atoms with Gasteiger partial charge in [-0.1, -0.05) is 24.3 Å². The first-order valence-corrected chi connectivity index (χ1v) is 7.54. The van der Waals surface area contributed by atoms with E-state index in [4.69, 9.17) is 0 Å². The average molecular weight is 306 g/mol. The lowest BCUT2D eigenvalue weighted by Crippen LogP contribution is -2.47. The summed E-state index contributed by atoms with van der Waals surface area (Å²) in [5.74, 6) is -0.514. The number of hydroxylamine groups is 1. The number of hydrogen-bond acceptors (Lipinski definition) is 5. The zero-order valence-electron chi connectivity index (χ0n) is 13.1. The first-order chi connectivity index (χ1) is 11.1.